The van der Waals surface area contributed by atoms with Gasteiger partial charge >= 0.3 is 6.18 Å². The summed E-state index contributed by atoms with van der Waals surface area (Å²) in [6, 6.07) is 0. The Bertz CT molecular complexity index is 207. The van der Waals surface area contributed by atoms with Crippen LogP contribution in [0.5, 0.6) is 0 Å². The molecule has 1 atom stereocenters. The minimum atomic E-state index is -4.22. The molecule has 88 valence electrons. The predicted octanol–water partition coefficient (Wildman–Crippen LogP) is 2.86. The molecule has 1 fully saturated rings. The molecular formula is C10H15F3O2. The van der Waals surface area contributed by atoms with Crippen molar-refractivity contribution in [2.24, 2.45) is 0 Å². The fourth-order valence-corrected chi connectivity index (χ4v) is 1.60. The maximum absolute atomic E-state index is 11.8. The zero-order valence-corrected chi connectivity index (χ0v) is 8.48. The summed E-state index contributed by atoms with van der Waals surface area (Å²) < 4.78 is 40.6. The van der Waals surface area contributed by atoms with Crippen LogP contribution in [-0.4, -0.2) is 24.7 Å². The first-order valence-corrected chi connectivity index (χ1v) is 5.17. The van der Waals surface area contributed by atoms with Gasteiger partial charge in [-0.05, 0) is 19.3 Å². The molecule has 0 amide bonds. The second-order valence-corrected chi connectivity index (χ2v) is 3.83. The zero-order chi connectivity index (χ0) is 11.3. The van der Waals surface area contributed by atoms with E-state index in [1.165, 1.54) is 0 Å². The lowest BCUT2D eigenvalue weighted by atomic mass is 10.1. The summed E-state index contributed by atoms with van der Waals surface area (Å²) in [7, 11) is 0. The highest BCUT2D eigenvalue weighted by atomic mass is 19.4. The van der Waals surface area contributed by atoms with Gasteiger partial charge in [-0.15, -0.1) is 0 Å². The SMILES string of the molecule is O=C(CCC1CCCO1)CCC(F)(F)F. The van der Waals surface area contributed by atoms with Gasteiger partial charge in [-0.1, -0.05) is 0 Å². The van der Waals surface area contributed by atoms with Gasteiger partial charge in [-0.2, -0.15) is 13.2 Å². The fourth-order valence-electron chi connectivity index (χ4n) is 1.60. The summed E-state index contributed by atoms with van der Waals surface area (Å²) in [6.45, 7) is 0.710. The van der Waals surface area contributed by atoms with Gasteiger partial charge in [0.25, 0.3) is 0 Å². The summed E-state index contributed by atoms with van der Waals surface area (Å²) in [5, 5.41) is 0. The van der Waals surface area contributed by atoms with Gasteiger partial charge in [0.05, 0.1) is 12.5 Å². The van der Waals surface area contributed by atoms with E-state index in [4.69, 9.17) is 4.74 Å². The van der Waals surface area contributed by atoms with Gasteiger partial charge in [0.15, 0.2) is 0 Å². The monoisotopic (exact) mass is 224 g/mol. The molecule has 1 heterocycles. The number of carbonyl (C=O) groups is 1. The highest BCUT2D eigenvalue weighted by molar-refractivity contribution is 5.78. The third kappa shape index (κ3) is 5.77. The molecule has 1 aliphatic heterocycles. The van der Waals surface area contributed by atoms with Crippen molar-refractivity contribution < 1.29 is 22.7 Å². The smallest absolute Gasteiger partial charge is 0.378 e. The molecule has 0 aromatic heterocycles. The molecule has 0 bridgehead atoms. The number of ether oxygens (including phenoxy) is 1. The molecule has 0 N–H and O–H groups in total. The number of alkyl halides is 3. The Morgan fingerprint density at radius 1 is 1.33 bits per heavy atom. The maximum Gasteiger partial charge on any atom is 0.389 e. The number of ketones is 1. The van der Waals surface area contributed by atoms with Crippen LogP contribution in [0.3, 0.4) is 0 Å². The lowest BCUT2D eigenvalue weighted by molar-refractivity contribution is -0.143. The van der Waals surface area contributed by atoms with Crippen LogP contribution < -0.4 is 0 Å². The summed E-state index contributed by atoms with van der Waals surface area (Å²) in [6.07, 6.45) is -2.85. The third-order valence-electron chi connectivity index (χ3n) is 2.46. The molecule has 1 unspecified atom stereocenters. The highest BCUT2D eigenvalue weighted by Gasteiger charge is 2.28. The van der Waals surface area contributed by atoms with Crippen LogP contribution >= 0.6 is 0 Å². The molecule has 15 heavy (non-hydrogen) atoms. The molecule has 0 spiro atoms. The second kappa shape index (κ2) is 5.49. The summed E-state index contributed by atoms with van der Waals surface area (Å²) in [5.41, 5.74) is 0. The van der Waals surface area contributed by atoms with Gasteiger partial charge in [0.1, 0.15) is 5.78 Å². The van der Waals surface area contributed by atoms with E-state index >= 15 is 0 Å². The van der Waals surface area contributed by atoms with Gasteiger partial charge in [0.2, 0.25) is 0 Å². The third-order valence-corrected chi connectivity index (χ3v) is 2.46. The van der Waals surface area contributed by atoms with Crippen molar-refractivity contribution in [2.45, 2.75) is 50.8 Å². The molecule has 5 heteroatoms. The Balaban J connectivity index is 2.08. The molecule has 0 radical (unpaired) electrons. The number of rotatable bonds is 5. The Labute approximate surface area is 86.8 Å². The van der Waals surface area contributed by atoms with Crippen LogP contribution in [0.1, 0.15) is 38.5 Å². The average molecular weight is 224 g/mol. The van der Waals surface area contributed by atoms with E-state index in [1.54, 1.807) is 0 Å². The number of hydrogen-bond donors (Lipinski definition) is 0. The van der Waals surface area contributed by atoms with Crippen molar-refractivity contribution in [3.8, 4) is 0 Å². The van der Waals surface area contributed by atoms with Crippen LogP contribution in [0, 0.1) is 0 Å². The van der Waals surface area contributed by atoms with E-state index in [2.05, 4.69) is 0 Å². The van der Waals surface area contributed by atoms with E-state index in [0.717, 1.165) is 12.8 Å². The van der Waals surface area contributed by atoms with E-state index in [1.807, 2.05) is 0 Å². The minimum absolute atomic E-state index is 0.0832. The normalized spacial score (nSPS) is 21.9. The lowest BCUT2D eigenvalue weighted by Gasteiger charge is -2.08. The van der Waals surface area contributed by atoms with Gasteiger partial charge in [-0.3, -0.25) is 4.79 Å². The second-order valence-electron chi connectivity index (χ2n) is 3.83. The highest BCUT2D eigenvalue weighted by Crippen LogP contribution is 2.23. The Morgan fingerprint density at radius 3 is 2.60 bits per heavy atom. The molecule has 1 saturated heterocycles. The minimum Gasteiger partial charge on any atom is -0.378 e. The molecule has 0 saturated carbocycles. The van der Waals surface area contributed by atoms with Crippen LogP contribution in [0.15, 0.2) is 0 Å². The maximum atomic E-state index is 11.8. The van der Waals surface area contributed by atoms with Crippen LogP contribution in [0.25, 0.3) is 0 Å². The van der Waals surface area contributed by atoms with E-state index in [0.29, 0.717) is 13.0 Å². The van der Waals surface area contributed by atoms with Crippen molar-refractivity contribution >= 4 is 5.78 Å². The molecule has 0 aliphatic carbocycles. The van der Waals surface area contributed by atoms with E-state index in [-0.39, 0.29) is 18.3 Å². The van der Waals surface area contributed by atoms with Crippen molar-refractivity contribution in [1.82, 2.24) is 0 Å². The van der Waals surface area contributed by atoms with Crippen LogP contribution in [0.2, 0.25) is 0 Å². The Kier molecular flexibility index (Phi) is 4.57. The fraction of sp³-hybridized carbons (Fsp3) is 0.900. The molecular weight excluding hydrogens is 209 g/mol. The molecule has 0 aromatic rings. The Hall–Kier alpha value is -0.580. The van der Waals surface area contributed by atoms with Gasteiger partial charge in [0, 0.05) is 19.4 Å². The number of Topliss-reactive ketones (excluding diaryl/α,β-unsaturated/α-hetero) is 1. The number of hydrogen-bond acceptors (Lipinski definition) is 2. The topological polar surface area (TPSA) is 26.3 Å². The van der Waals surface area contributed by atoms with Crippen LogP contribution in [0.4, 0.5) is 13.2 Å². The number of halogens is 3. The summed E-state index contributed by atoms with van der Waals surface area (Å²) in [4.78, 5) is 11.1. The van der Waals surface area contributed by atoms with Gasteiger partial charge in [-0.25, -0.2) is 0 Å². The molecule has 0 aromatic carbocycles. The lowest BCUT2D eigenvalue weighted by Crippen LogP contribution is -2.13. The standard InChI is InChI=1S/C10H15F3O2/c11-10(12,13)6-5-8(14)3-4-9-2-1-7-15-9/h9H,1-7H2. The Morgan fingerprint density at radius 2 is 2.07 bits per heavy atom. The number of carbonyl (C=O) groups excluding carboxylic acids is 1. The van der Waals surface area contributed by atoms with E-state index < -0.39 is 19.0 Å². The summed E-state index contributed by atoms with van der Waals surface area (Å²) >= 11 is 0. The van der Waals surface area contributed by atoms with Crippen LogP contribution in [-0.2, 0) is 9.53 Å². The van der Waals surface area contributed by atoms with Crippen molar-refractivity contribution in [1.29, 1.82) is 0 Å². The van der Waals surface area contributed by atoms with Crippen molar-refractivity contribution in [2.75, 3.05) is 6.61 Å². The zero-order valence-electron chi connectivity index (χ0n) is 8.48. The molecule has 2 nitrogen and oxygen atoms in total. The van der Waals surface area contributed by atoms with Crippen molar-refractivity contribution in [3.63, 3.8) is 0 Å². The van der Waals surface area contributed by atoms with Gasteiger partial charge < -0.3 is 4.74 Å². The predicted molar refractivity (Wildman–Crippen MR) is 48.5 cm³/mol. The van der Waals surface area contributed by atoms with Crippen molar-refractivity contribution in [3.05, 3.63) is 0 Å². The quantitative estimate of drug-likeness (QED) is 0.717. The first kappa shape index (κ1) is 12.5. The first-order chi connectivity index (χ1) is 6.97. The first-order valence-electron chi connectivity index (χ1n) is 5.17. The molecule has 1 aliphatic rings. The largest absolute Gasteiger partial charge is 0.389 e. The average Bonchev–Trinajstić information content (AvgIpc) is 2.62. The van der Waals surface area contributed by atoms with E-state index in [9.17, 15) is 18.0 Å². The summed E-state index contributed by atoms with van der Waals surface area (Å²) in [5.74, 6) is -0.317. The molecule has 1 rings (SSSR count).